The zero-order valence-electron chi connectivity index (χ0n) is 13.7. The number of benzene rings is 2. The first-order valence-electron chi connectivity index (χ1n) is 7.67. The van der Waals surface area contributed by atoms with Gasteiger partial charge in [-0.25, -0.2) is 0 Å². The monoisotopic (exact) mass is 312 g/mol. The van der Waals surface area contributed by atoms with E-state index in [0.717, 1.165) is 17.8 Å². The molecule has 0 saturated heterocycles. The lowest BCUT2D eigenvalue weighted by Crippen LogP contribution is -2.23. The Morgan fingerprint density at radius 1 is 0.909 bits per heavy atom. The van der Waals surface area contributed by atoms with E-state index in [4.69, 9.17) is 12.2 Å². The molecule has 116 valence electrons. The van der Waals surface area contributed by atoms with Gasteiger partial charge in [0.05, 0.1) is 0 Å². The van der Waals surface area contributed by atoms with Crippen LogP contribution in [0.15, 0.2) is 48.5 Å². The van der Waals surface area contributed by atoms with E-state index < -0.39 is 0 Å². The molecule has 0 amide bonds. The summed E-state index contributed by atoms with van der Waals surface area (Å²) in [6.45, 7) is 8.76. The molecule has 0 bridgehead atoms. The molecule has 2 rings (SSSR count). The normalized spacial score (nSPS) is 11.1. The first kappa shape index (κ1) is 16.5. The Balaban J connectivity index is 2.17. The molecule has 0 fully saturated rings. The van der Waals surface area contributed by atoms with Gasteiger partial charge in [-0.15, -0.1) is 0 Å². The van der Waals surface area contributed by atoms with E-state index in [1.807, 2.05) is 12.1 Å². The average Bonchev–Trinajstić information content (AvgIpc) is 2.47. The number of anilines is 2. The van der Waals surface area contributed by atoms with E-state index in [9.17, 15) is 0 Å². The highest BCUT2D eigenvalue weighted by atomic mass is 32.1. The van der Waals surface area contributed by atoms with E-state index in [0.29, 0.717) is 5.11 Å². The number of aryl methyl sites for hydroxylation is 1. The first-order valence-corrected chi connectivity index (χ1v) is 8.08. The third-order valence-electron chi connectivity index (χ3n) is 3.63. The summed E-state index contributed by atoms with van der Waals surface area (Å²) in [6, 6.07) is 16.6. The molecule has 0 atom stereocenters. The summed E-state index contributed by atoms with van der Waals surface area (Å²) < 4.78 is 0. The van der Waals surface area contributed by atoms with Gasteiger partial charge < -0.3 is 10.6 Å². The maximum absolute atomic E-state index is 5.49. The Bertz CT molecular complexity index is 656. The van der Waals surface area contributed by atoms with Crippen molar-refractivity contribution in [3.8, 4) is 0 Å². The molecule has 0 radical (unpaired) electrons. The van der Waals surface area contributed by atoms with Crippen LogP contribution in [0.2, 0.25) is 0 Å². The second kappa shape index (κ2) is 6.93. The van der Waals surface area contributed by atoms with Crippen molar-refractivity contribution in [3.63, 3.8) is 0 Å². The molecule has 2 aromatic rings. The van der Waals surface area contributed by atoms with Crippen molar-refractivity contribution < 1.29 is 0 Å². The Morgan fingerprint density at radius 2 is 1.45 bits per heavy atom. The zero-order valence-corrected chi connectivity index (χ0v) is 14.6. The van der Waals surface area contributed by atoms with Crippen LogP contribution in [0.4, 0.5) is 11.4 Å². The summed E-state index contributed by atoms with van der Waals surface area (Å²) in [5.74, 6) is 0. The van der Waals surface area contributed by atoms with Crippen LogP contribution in [0.3, 0.4) is 0 Å². The Hall–Kier alpha value is -1.87. The van der Waals surface area contributed by atoms with Gasteiger partial charge in [0.1, 0.15) is 0 Å². The predicted molar refractivity (Wildman–Crippen MR) is 101 cm³/mol. The highest BCUT2D eigenvalue weighted by molar-refractivity contribution is 7.80. The minimum Gasteiger partial charge on any atom is -0.332 e. The molecule has 0 aromatic heterocycles. The third kappa shape index (κ3) is 4.08. The molecule has 0 spiro atoms. The van der Waals surface area contributed by atoms with E-state index in [-0.39, 0.29) is 5.41 Å². The van der Waals surface area contributed by atoms with Gasteiger partial charge in [-0.3, -0.25) is 0 Å². The van der Waals surface area contributed by atoms with Crippen molar-refractivity contribution in [1.29, 1.82) is 0 Å². The molecule has 2 N–H and O–H groups in total. The molecule has 3 heteroatoms. The minimum absolute atomic E-state index is 0.0700. The van der Waals surface area contributed by atoms with Gasteiger partial charge in [0.15, 0.2) is 5.11 Å². The van der Waals surface area contributed by atoms with Gasteiger partial charge >= 0.3 is 0 Å². The Labute approximate surface area is 139 Å². The molecule has 2 nitrogen and oxygen atoms in total. The largest absolute Gasteiger partial charge is 0.332 e. The fourth-order valence-corrected chi connectivity index (χ4v) is 2.69. The van der Waals surface area contributed by atoms with E-state index in [1.54, 1.807) is 0 Å². The van der Waals surface area contributed by atoms with Crippen molar-refractivity contribution in [1.82, 2.24) is 0 Å². The SMILES string of the molecule is CCc1ccccc1NC(=S)Nc1ccccc1C(C)(C)C. The predicted octanol–water partition coefficient (Wildman–Crippen LogP) is 5.36. The summed E-state index contributed by atoms with van der Waals surface area (Å²) in [5.41, 5.74) is 4.71. The van der Waals surface area contributed by atoms with Crippen LogP contribution in [0, 0.1) is 0 Å². The topological polar surface area (TPSA) is 24.1 Å². The van der Waals surface area contributed by atoms with Crippen molar-refractivity contribution in [2.45, 2.75) is 39.5 Å². The molecule has 0 unspecified atom stereocenters. The van der Waals surface area contributed by atoms with Gasteiger partial charge in [-0.1, -0.05) is 64.1 Å². The highest BCUT2D eigenvalue weighted by Gasteiger charge is 2.17. The number of nitrogens with one attached hydrogen (secondary N) is 2. The molecule has 2 aromatic carbocycles. The highest BCUT2D eigenvalue weighted by Crippen LogP contribution is 2.29. The molecule has 0 aliphatic carbocycles. The van der Waals surface area contributed by atoms with Crippen LogP contribution in [-0.2, 0) is 11.8 Å². The molecule has 0 saturated carbocycles. The van der Waals surface area contributed by atoms with Crippen molar-refractivity contribution in [2.24, 2.45) is 0 Å². The average molecular weight is 312 g/mol. The fourth-order valence-electron chi connectivity index (χ4n) is 2.47. The van der Waals surface area contributed by atoms with Gasteiger partial charge in [0, 0.05) is 11.4 Å². The van der Waals surface area contributed by atoms with Gasteiger partial charge in [-0.05, 0) is 47.3 Å². The van der Waals surface area contributed by atoms with Crippen molar-refractivity contribution in [2.75, 3.05) is 10.6 Å². The third-order valence-corrected chi connectivity index (χ3v) is 3.83. The number of hydrogen-bond acceptors (Lipinski definition) is 1. The Morgan fingerprint density at radius 3 is 2.09 bits per heavy atom. The molecular formula is C19H24N2S. The molecular weight excluding hydrogens is 288 g/mol. The van der Waals surface area contributed by atoms with Crippen LogP contribution >= 0.6 is 12.2 Å². The molecule has 0 heterocycles. The van der Waals surface area contributed by atoms with Gasteiger partial charge in [0.25, 0.3) is 0 Å². The van der Waals surface area contributed by atoms with Crippen LogP contribution in [-0.4, -0.2) is 5.11 Å². The standard InChI is InChI=1S/C19H24N2S/c1-5-14-10-6-8-12-16(14)20-18(22)21-17-13-9-7-11-15(17)19(2,3)4/h6-13H,5H2,1-4H3,(H2,20,21,22). The zero-order chi connectivity index (χ0) is 16.2. The summed E-state index contributed by atoms with van der Waals surface area (Å²) in [6.07, 6.45) is 0.977. The maximum atomic E-state index is 5.49. The number of rotatable bonds is 3. The maximum Gasteiger partial charge on any atom is 0.175 e. The molecule has 0 aliphatic heterocycles. The van der Waals surface area contributed by atoms with E-state index in [2.05, 4.69) is 74.7 Å². The summed E-state index contributed by atoms with van der Waals surface area (Å²) >= 11 is 5.49. The second-order valence-corrected chi connectivity index (χ2v) is 6.79. The number of thiocarbonyl (C=S) groups is 1. The fraction of sp³-hybridized carbons (Fsp3) is 0.316. The van der Waals surface area contributed by atoms with Gasteiger partial charge in [-0.2, -0.15) is 0 Å². The first-order chi connectivity index (χ1) is 10.4. The molecule has 0 aliphatic rings. The Kier molecular flexibility index (Phi) is 5.19. The summed E-state index contributed by atoms with van der Waals surface area (Å²) in [7, 11) is 0. The van der Waals surface area contributed by atoms with Crippen molar-refractivity contribution >= 4 is 28.7 Å². The minimum atomic E-state index is 0.0700. The summed E-state index contributed by atoms with van der Waals surface area (Å²) in [5, 5.41) is 7.27. The van der Waals surface area contributed by atoms with Crippen LogP contribution in [0.1, 0.15) is 38.8 Å². The second-order valence-electron chi connectivity index (χ2n) is 6.39. The van der Waals surface area contributed by atoms with Crippen molar-refractivity contribution in [3.05, 3.63) is 59.7 Å². The van der Waals surface area contributed by atoms with Crippen LogP contribution in [0.5, 0.6) is 0 Å². The van der Waals surface area contributed by atoms with E-state index in [1.165, 1.54) is 11.1 Å². The van der Waals surface area contributed by atoms with Gasteiger partial charge in [0.2, 0.25) is 0 Å². The smallest absolute Gasteiger partial charge is 0.175 e. The number of para-hydroxylation sites is 2. The van der Waals surface area contributed by atoms with E-state index >= 15 is 0 Å². The van der Waals surface area contributed by atoms with Crippen LogP contribution in [0.25, 0.3) is 0 Å². The molecule has 22 heavy (non-hydrogen) atoms. The summed E-state index contributed by atoms with van der Waals surface area (Å²) in [4.78, 5) is 0. The quantitative estimate of drug-likeness (QED) is 0.747. The lowest BCUT2D eigenvalue weighted by atomic mass is 9.86. The number of hydrogen-bond donors (Lipinski definition) is 2. The van der Waals surface area contributed by atoms with Crippen LogP contribution < -0.4 is 10.6 Å². The lowest BCUT2D eigenvalue weighted by Gasteiger charge is -2.24. The lowest BCUT2D eigenvalue weighted by molar-refractivity contribution is 0.592.